The smallest absolute Gasteiger partial charge is 0.415 e. The van der Waals surface area contributed by atoms with Crippen LogP contribution in [0.4, 0.5) is 4.79 Å². The molecule has 4 aliphatic heterocycles. The number of amides is 1. The van der Waals surface area contributed by atoms with Gasteiger partial charge in [0.05, 0.1) is 48.1 Å². The van der Waals surface area contributed by atoms with Gasteiger partial charge in [-0.3, -0.25) is 4.79 Å². The molecule has 1 amide bonds. The molecule has 1 atom stereocenters. The summed E-state index contributed by atoms with van der Waals surface area (Å²) in [5.74, 6) is -0.337. The van der Waals surface area contributed by atoms with Crippen molar-refractivity contribution in [2.75, 3.05) is 26.2 Å². The Morgan fingerprint density at radius 2 is 1.89 bits per heavy atom. The van der Waals surface area contributed by atoms with Crippen molar-refractivity contribution < 1.29 is 28.8 Å². The lowest BCUT2D eigenvalue weighted by molar-refractivity contribution is -0.911. The second-order valence-corrected chi connectivity index (χ2v) is 12.6. The molecular weight excluding hydrogens is 564 g/mol. The Kier molecular flexibility index (Phi) is 7.02. The van der Waals surface area contributed by atoms with Crippen LogP contribution >= 0.6 is 0 Å². The van der Waals surface area contributed by atoms with Crippen LogP contribution in [0, 0.1) is 5.21 Å². The highest BCUT2D eigenvalue weighted by molar-refractivity contribution is 5.90. The number of aliphatic hydroxyl groups is 1. The molecule has 1 aromatic carbocycles. The van der Waals surface area contributed by atoms with Crippen LogP contribution in [0.3, 0.4) is 0 Å². The molecule has 0 bridgehead atoms. The van der Waals surface area contributed by atoms with Crippen molar-refractivity contribution in [1.82, 2.24) is 14.5 Å². The first-order valence-corrected chi connectivity index (χ1v) is 15.8. The molecule has 1 N–H and O–H groups in total. The first kappa shape index (κ1) is 28.9. The normalized spacial score (nSPS) is 22.7. The van der Waals surface area contributed by atoms with Crippen LogP contribution in [0.1, 0.15) is 74.6 Å². The van der Waals surface area contributed by atoms with Gasteiger partial charge in [0, 0.05) is 42.4 Å². The van der Waals surface area contributed by atoms with E-state index in [9.17, 15) is 24.7 Å². The lowest BCUT2D eigenvalue weighted by Crippen LogP contribution is -2.57. The van der Waals surface area contributed by atoms with Crippen molar-refractivity contribution in [3.05, 3.63) is 62.1 Å². The molecule has 2 aromatic heterocycles. The minimum absolute atomic E-state index is 0.0475. The number of nitrogens with zero attached hydrogens (tertiary/aromatic N) is 4. The Morgan fingerprint density at radius 3 is 2.59 bits per heavy atom. The van der Waals surface area contributed by atoms with Crippen molar-refractivity contribution in [3.8, 4) is 17.1 Å². The molecule has 7 rings (SSSR count). The van der Waals surface area contributed by atoms with E-state index in [1.165, 1.54) is 0 Å². The average molecular weight is 603 g/mol. The van der Waals surface area contributed by atoms with Gasteiger partial charge in [-0.15, -0.1) is 0 Å². The highest BCUT2D eigenvalue weighted by Crippen LogP contribution is 2.41. The van der Waals surface area contributed by atoms with Gasteiger partial charge in [-0.2, -0.15) is 0 Å². The molecule has 11 heteroatoms. The van der Waals surface area contributed by atoms with Crippen LogP contribution in [0.25, 0.3) is 22.3 Å². The van der Waals surface area contributed by atoms with E-state index in [1.54, 1.807) is 28.5 Å². The number of cyclic esters (lactones) is 1. The van der Waals surface area contributed by atoms with Gasteiger partial charge >= 0.3 is 12.1 Å². The zero-order valence-electron chi connectivity index (χ0n) is 25.3. The predicted molar refractivity (Wildman–Crippen MR) is 162 cm³/mol. The third-order valence-corrected chi connectivity index (χ3v) is 10.3. The molecule has 3 aromatic rings. The Hall–Kier alpha value is -3.80. The molecule has 44 heavy (non-hydrogen) atoms. The average Bonchev–Trinajstić information content (AvgIpc) is 3.41. The first-order valence-electron chi connectivity index (χ1n) is 15.8. The number of likely N-dealkylation sites (tertiary alicyclic amines) is 2. The fraction of sp³-hybridized carbons (Fsp3) is 0.515. The van der Waals surface area contributed by atoms with Crippen LogP contribution < -0.4 is 10.3 Å². The summed E-state index contributed by atoms with van der Waals surface area (Å²) in [6.45, 7) is 6.23. The Balaban J connectivity index is 1.16. The molecule has 6 heterocycles. The van der Waals surface area contributed by atoms with E-state index in [-0.39, 0.29) is 40.4 Å². The van der Waals surface area contributed by atoms with Gasteiger partial charge in [0.1, 0.15) is 12.4 Å². The highest BCUT2D eigenvalue weighted by atomic mass is 16.6. The number of piperidine rings is 2. The standard InChI is InChI=1S/C33H38N4O7/c1-3-22-23-16-21(44-32(40)35-12-10-20(11-13-35)37(42)14-6-5-7-15-37)8-9-27(23)34-29-24(22)18-36-28(29)17-26-25(30(36)38)19-43-31(39)33(26,41)4-2/h8-9,16-17,20,41H,3-7,10-15,18-19H2,1-2H3/t33-/m0/s1. The van der Waals surface area contributed by atoms with Crippen molar-refractivity contribution in [2.45, 2.75) is 83.6 Å². The first-order chi connectivity index (χ1) is 21.2. The number of hydrogen-bond acceptors (Lipinski definition) is 8. The summed E-state index contributed by atoms with van der Waals surface area (Å²) in [6.07, 6.45) is 4.78. The molecule has 0 spiro atoms. The van der Waals surface area contributed by atoms with Crippen molar-refractivity contribution in [1.29, 1.82) is 0 Å². The number of pyridine rings is 2. The van der Waals surface area contributed by atoms with E-state index >= 15 is 0 Å². The van der Waals surface area contributed by atoms with Gasteiger partial charge in [0.15, 0.2) is 5.60 Å². The van der Waals surface area contributed by atoms with Gasteiger partial charge in [-0.25, -0.2) is 14.6 Å². The van der Waals surface area contributed by atoms with E-state index in [0.29, 0.717) is 74.6 Å². The van der Waals surface area contributed by atoms with Crippen molar-refractivity contribution in [3.63, 3.8) is 0 Å². The predicted octanol–water partition coefficient (Wildman–Crippen LogP) is 4.10. The number of quaternary nitrogens is 1. The lowest BCUT2D eigenvalue weighted by atomic mass is 9.86. The fourth-order valence-corrected chi connectivity index (χ4v) is 7.71. The van der Waals surface area contributed by atoms with Crippen LogP contribution in [0.2, 0.25) is 0 Å². The number of benzene rings is 1. The van der Waals surface area contributed by atoms with E-state index in [4.69, 9.17) is 14.5 Å². The summed E-state index contributed by atoms with van der Waals surface area (Å²) in [4.78, 5) is 45.8. The summed E-state index contributed by atoms with van der Waals surface area (Å²) >= 11 is 0. The number of carbonyl (C=O) groups is 2. The minimum atomic E-state index is -1.88. The monoisotopic (exact) mass is 602 g/mol. The second-order valence-electron chi connectivity index (χ2n) is 12.6. The van der Waals surface area contributed by atoms with Gasteiger partial charge in [-0.1, -0.05) is 13.8 Å². The minimum Gasteiger partial charge on any atom is -0.633 e. The molecule has 11 nitrogen and oxygen atoms in total. The third kappa shape index (κ3) is 4.43. The van der Waals surface area contributed by atoms with Crippen molar-refractivity contribution >= 4 is 23.0 Å². The second kappa shape index (κ2) is 10.7. The lowest BCUT2D eigenvalue weighted by Gasteiger charge is -2.53. The summed E-state index contributed by atoms with van der Waals surface area (Å²) in [7, 11) is 0. The Labute approximate surface area is 255 Å². The van der Waals surface area contributed by atoms with Crippen LogP contribution in [-0.4, -0.2) is 68.5 Å². The molecular formula is C33H38N4O7. The molecule has 4 aliphatic rings. The SMILES string of the molecule is CCc1c2c(nc3ccc(OC(=O)N4CCC([N+]5([O-])CCCCC5)CC4)cc13)-c1cc3c(c(=O)n1C2)COC(=O)[C@]3(O)CC. The number of fused-ring (bicyclic) bond motifs is 5. The summed E-state index contributed by atoms with van der Waals surface area (Å²) in [6, 6.07) is 7.12. The Morgan fingerprint density at radius 1 is 1.14 bits per heavy atom. The number of aryl methyl sites for hydroxylation is 1. The zero-order valence-corrected chi connectivity index (χ0v) is 25.3. The maximum absolute atomic E-state index is 13.6. The van der Waals surface area contributed by atoms with Crippen LogP contribution in [-0.2, 0) is 34.7 Å². The summed E-state index contributed by atoms with van der Waals surface area (Å²) in [5, 5.41) is 25.3. The number of hydroxylamine groups is 3. The quantitative estimate of drug-likeness (QED) is 0.210. The molecule has 0 unspecified atom stereocenters. The molecule has 0 radical (unpaired) electrons. The van der Waals surface area contributed by atoms with Crippen LogP contribution in [0.5, 0.6) is 5.75 Å². The summed E-state index contributed by atoms with van der Waals surface area (Å²) in [5.41, 5.74) is 2.18. The van der Waals surface area contributed by atoms with Crippen molar-refractivity contribution in [2.24, 2.45) is 0 Å². The number of hydrogen-bond donors (Lipinski definition) is 1. The largest absolute Gasteiger partial charge is 0.633 e. The van der Waals surface area contributed by atoms with Crippen LogP contribution in [0.15, 0.2) is 29.1 Å². The molecule has 2 fully saturated rings. The van der Waals surface area contributed by atoms with Gasteiger partial charge < -0.3 is 33.9 Å². The number of aromatic nitrogens is 2. The van der Waals surface area contributed by atoms with E-state index in [0.717, 1.165) is 35.8 Å². The van der Waals surface area contributed by atoms with Gasteiger partial charge in [0.25, 0.3) is 5.56 Å². The third-order valence-electron chi connectivity index (χ3n) is 10.3. The fourth-order valence-electron chi connectivity index (χ4n) is 7.71. The van der Waals surface area contributed by atoms with E-state index < -0.39 is 17.7 Å². The zero-order chi connectivity index (χ0) is 30.8. The van der Waals surface area contributed by atoms with E-state index in [2.05, 4.69) is 0 Å². The number of esters is 1. The molecule has 0 aliphatic carbocycles. The van der Waals surface area contributed by atoms with E-state index in [1.807, 2.05) is 19.1 Å². The highest BCUT2D eigenvalue weighted by Gasteiger charge is 2.45. The van der Waals surface area contributed by atoms with Gasteiger partial charge in [0.2, 0.25) is 0 Å². The maximum atomic E-state index is 13.6. The molecule has 232 valence electrons. The number of carbonyl (C=O) groups excluding carboxylic acids is 2. The summed E-state index contributed by atoms with van der Waals surface area (Å²) < 4.78 is 12.5. The maximum Gasteiger partial charge on any atom is 0.415 e. The number of ether oxygens (including phenoxy) is 2. The van der Waals surface area contributed by atoms with Gasteiger partial charge in [-0.05, 0) is 61.9 Å². The molecule has 2 saturated heterocycles. The molecule has 0 saturated carbocycles. The Bertz CT molecular complexity index is 1740. The topological polar surface area (TPSA) is 134 Å². The number of rotatable bonds is 4.